The van der Waals surface area contributed by atoms with E-state index in [0.29, 0.717) is 10.6 Å². The third-order valence-electron chi connectivity index (χ3n) is 3.24. The second-order valence-corrected chi connectivity index (χ2v) is 5.62. The van der Waals surface area contributed by atoms with E-state index in [0.717, 1.165) is 48.3 Å². The molecule has 0 atom stereocenters. The lowest BCUT2D eigenvalue weighted by molar-refractivity contribution is 0.565. The van der Waals surface area contributed by atoms with E-state index in [1.54, 1.807) is 0 Å². The molecule has 5 heteroatoms. The van der Waals surface area contributed by atoms with Crippen molar-refractivity contribution in [3.8, 4) is 6.07 Å². The van der Waals surface area contributed by atoms with Crippen molar-refractivity contribution in [2.45, 2.75) is 29.2 Å². The molecule has 0 spiro atoms. The van der Waals surface area contributed by atoms with Crippen molar-refractivity contribution in [1.29, 1.82) is 5.26 Å². The molecule has 1 heterocycles. The molecular formula is C15H10F2N2S. The number of hydrogen-bond donors (Lipinski definition) is 0. The maximum Gasteiger partial charge on any atom is 0.140 e. The van der Waals surface area contributed by atoms with Gasteiger partial charge in [-0.25, -0.2) is 13.8 Å². The molecule has 2 nitrogen and oxygen atoms in total. The minimum Gasteiger partial charge on any atom is -0.244 e. The van der Waals surface area contributed by atoms with Gasteiger partial charge in [0.05, 0.1) is 5.56 Å². The van der Waals surface area contributed by atoms with Crippen molar-refractivity contribution in [2.75, 3.05) is 0 Å². The molecule has 0 saturated carbocycles. The number of nitrogens with zero attached hydrogens (tertiary/aromatic N) is 2. The van der Waals surface area contributed by atoms with Gasteiger partial charge in [0.2, 0.25) is 0 Å². The topological polar surface area (TPSA) is 36.7 Å². The van der Waals surface area contributed by atoms with E-state index < -0.39 is 11.6 Å². The molecule has 0 amide bonds. The molecule has 0 fully saturated rings. The van der Waals surface area contributed by atoms with E-state index in [1.165, 1.54) is 12.1 Å². The summed E-state index contributed by atoms with van der Waals surface area (Å²) in [6, 6.07) is 7.33. The minimum atomic E-state index is -0.638. The van der Waals surface area contributed by atoms with Crippen LogP contribution in [0.1, 0.15) is 23.2 Å². The zero-order valence-electron chi connectivity index (χ0n) is 10.5. The molecule has 1 aromatic heterocycles. The van der Waals surface area contributed by atoms with Crippen LogP contribution in [0.5, 0.6) is 0 Å². The Morgan fingerprint density at radius 2 is 2.05 bits per heavy atom. The second kappa shape index (κ2) is 5.22. The van der Waals surface area contributed by atoms with Crippen molar-refractivity contribution in [1.82, 2.24) is 4.98 Å². The van der Waals surface area contributed by atoms with Crippen molar-refractivity contribution < 1.29 is 8.78 Å². The number of aryl methyl sites for hydroxylation is 2. The average Bonchev–Trinajstić information content (AvgIpc) is 2.88. The fourth-order valence-electron chi connectivity index (χ4n) is 2.27. The zero-order valence-corrected chi connectivity index (χ0v) is 11.3. The summed E-state index contributed by atoms with van der Waals surface area (Å²) in [5.41, 5.74) is 2.53. The van der Waals surface area contributed by atoms with Crippen LogP contribution in [0.4, 0.5) is 8.78 Å². The third kappa shape index (κ3) is 2.39. The van der Waals surface area contributed by atoms with Gasteiger partial charge in [-0.2, -0.15) is 5.26 Å². The SMILES string of the molecule is N#Cc1cc2c(nc1Sc1ccc(F)cc1F)CCC2. The van der Waals surface area contributed by atoms with Gasteiger partial charge in [0.1, 0.15) is 22.7 Å². The molecule has 0 N–H and O–H groups in total. The lowest BCUT2D eigenvalue weighted by Crippen LogP contribution is -1.95. The van der Waals surface area contributed by atoms with Crippen LogP contribution in [0.2, 0.25) is 0 Å². The number of benzene rings is 1. The van der Waals surface area contributed by atoms with Gasteiger partial charge in [0.15, 0.2) is 0 Å². The fraction of sp³-hybridized carbons (Fsp3) is 0.200. The zero-order chi connectivity index (χ0) is 14.1. The number of rotatable bonds is 2. The molecule has 0 aliphatic heterocycles. The van der Waals surface area contributed by atoms with Gasteiger partial charge >= 0.3 is 0 Å². The summed E-state index contributed by atoms with van der Waals surface area (Å²) >= 11 is 1.06. The van der Waals surface area contributed by atoms with Gasteiger partial charge in [0.25, 0.3) is 0 Å². The maximum atomic E-state index is 13.7. The van der Waals surface area contributed by atoms with E-state index in [4.69, 9.17) is 0 Å². The Kier molecular flexibility index (Phi) is 3.41. The molecule has 0 unspecified atom stereocenters. The molecule has 0 saturated heterocycles. The predicted molar refractivity (Wildman–Crippen MR) is 71.5 cm³/mol. The predicted octanol–water partition coefficient (Wildman–Crippen LogP) is 3.87. The lowest BCUT2D eigenvalue weighted by atomic mass is 10.2. The summed E-state index contributed by atoms with van der Waals surface area (Å²) < 4.78 is 26.6. The van der Waals surface area contributed by atoms with Crippen LogP contribution in [0.3, 0.4) is 0 Å². The van der Waals surface area contributed by atoms with Gasteiger partial charge in [0, 0.05) is 16.7 Å². The molecule has 2 aromatic rings. The first-order valence-corrected chi connectivity index (χ1v) is 7.05. The van der Waals surface area contributed by atoms with Crippen LogP contribution in [0.25, 0.3) is 0 Å². The Labute approximate surface area is 119 Å². The van der Waals surface area contributed by atoms with E-state index in [2.05, 4.69) is 11.1 Å². The number of nitriles is 1. The standard InChI is InChI=1S/C15H10F2N2S/c16-11-4-5-14(12(17)7-11)20-15-10(8-18)6-9-2-1-3-13(9)19-15/h4-7H,1-3H2. The van der Waals surface area contributed by atoms with Gasteiger partial charge < -0.3 is 0 Å². The van der Waals surface area contributed by atoms with Crippen molar-refractivity contribution >= 4 is 11.8 Å². The lowest BCUT2D eigenvalue weighted by Gasteiger charge is -2.07. The summed E-state index contributed by atoms with van der Waals surface area (Å²) in [5, 5.41) is 9.67. The molecule has 3 rings (SSSR count). The van der Waals surface area contributed by atoms with Crippen molar-refractivity contribution in [3.63, 3.8) is 0 Å². The largest absolute Gasteiger partial charge is 0.244 e. The number of aromatic nitrogens is 1. The Balaban J connectivity index is 2.00. The number of hydrogen-bond acceptors (Lipinski definition) is 3. The van der Waals surface area contributed by atoms with E-state index in [1.807, 2.05) is 6.07 Å². The molecule has 0 radical (unpaired) electrons. The van der Waals surface area contributed by atoms with Gasteiger partial charge in [-0.1, -0.05) is 11.8 Å². The summed E-state index contributed by atoms with van der Waals surface area (Å²) in [7, 11) is 0. The molecular weight excluding hydrogens is 278 g/mol. The Morgan fingerprint density at radius 3 is 2.80 bits per heavy atom. The van der Waals surface area contributed by atoms with Crippen molar-refractivity contribution in [2.24, 2.45) is 0 Å². The highest BCUT2D eigenvalue weighted by Gasteiger charge is 2.18. The molecule has 1 aromatic carbocycles. The molecule has 1 aliphatic rings. The molecule has 1 aliphatic carbocycles. The second-order valence-electron chi connectivity index (χ2n) is 4.59. The van der Waals surface area contributed by atoms with E-state index in [9.17, 15) is 14.0 Å². The fourth-order valence-corrected chi connectivity index (χ4v) is 3.14. The molecule has 0 bridgehead atoms. The first kappa shape index (κ1) is 13.1. The summed E-state index contributed by atoms with van der Waals surface area (Å²) in [6.45, 7) is 0. The van der Waals surface area contributed by atoms with Crippen molar-refractivity contribution in [3.05, 3.63) is 52.7 Å². The van der Waals surface area contributed by atoms with E-state index >= 15 is 0 Å². The normalized spacial score (nSPS) is 13.1. The maximum absolute atomic E-state index is 13.7. The smallest absolute Gasteiger partial charge is 0.140 e. The first-order valence-electron chi connectivity index (χ1n) is 6.23. The van der Waals surface area contributed by atoms with Crippen LogP contribution < -0.4 is 0 Å². The van der Waals surface area contributed by atoms with Crippen LogP contribution in [-0.4, -0.2) is 4.98 Å². The summed E-state index contributed by atoms with van der Waals surface area (Å²) in [4.78, 5) is 4.73. The molecule has 20 heavy (non-hydrogen) atoms. The monoisotopic (exact) mass is 288 g/mol. The van der Waals surface area contributed by atoms with Crippen LogP contribution >= 0.6 is 11.8 Å². The Bertz CT molecular complexity index is 723. The highest BCUT2D eigenvalue weighted by Crippen LogP contribution is 2.33. The first-order chi connectivity index (χ1) is 9.67. The van der Waals surface area contributed by atoms with Gasteiger partial charge in [-0.3, -0.25) is 0 Å². The van der Waals surface area contributed by atoms with E-state index in [-0.39, 0.29) is 4.90 Å². The third-order valence-corrected chi connectivity index (χ3v) is 4.29. The average molecular weight is 288 g/mol. The number of fused-ring (bicyclic) bond motifs is 1. The minimum absolute atomic E-state index is 0.272. The highest BCUT2D eigenvalue weighted by molar-refractivity contribution is 7.99. The van der Waals surface area contributed by atoms with Crippen LogP contribution in [0.15, 0.2) is 34.2 Å². The van der Waals surface area contributed by atoms with Gasteiger partial charge in [-0.05, 0) is 43.0 Å². The summed E-state index contributed by atoms with van der Waals surface area (Å²) in [6.07, 6.45) is 2.86. The number of halogens is 2. The van der Waals surface area contributed by atoms with Crippen LogP contribution in [0, 0.1) is 23.0 Å². The number of pyridine rings is 1. The Morgan fingerprint density at radius 1 is 1.20 bits per heavy atom. The Hall–Kier alpha value is -1.93. The van der Waals surface area contributed by atoms with Gasteiger partial charge in [-0.15, -0.1) is 0 Å². The quantitative estimate of drug-likeness (QED) is 0.841. The molecule has 100 valence electrons. The van der Waals surface area contributed by atoms with Crippen LogP contribution in [-0.2, 0) is 12.8 Å². The summed E-state index contributed by atoms with van der Waals surface area (Å²) in [5.74, 6) is -1.25. The highest BCUT2D eigenvalue weighted by atomic mass is 32.2.